The maximum absolute atomic E-state index is 12.5. The molecule has 8 heteroatoms. The molecule has 0 atom stereocenters. The second-order valence-electron chi connectivity index (χ2n) is 4.59. The van der Waals surface area contributed by atoms with Crippen LogP contribution in [0.4, 0.5) is 0 Å². The molecule has 0 bridgehead atoms. The standard InChI is InChI=1S/C12H20N2O5S/c1-4-13-8-10(7-11(13)12(16)17)20(18,19)14(5-6-15)9(2)3/h7-9,15H,4-6H2,1-3H3,(H,16,17). The van der Waals surface area contributed by atoms with Gasteiger partial charge in [-0.05, 0) is 26.8 Å². The van der Waals surface area contributed by atoms with Crippen molar-refractivity contribution in [3.8, 4) is 0 Å². The molecule has 0 unspecified atom stereocenters. The van der Waals surface area contributed by atoms with Gasteiger partial charge >= 0.3 is 5.97 Å². The number of carboxylic acid groups (broad SMARTS) is 1. The lowest BCUT2D eigenvalue weighted by Gasteiger charge is -2.24. The van der Waals surface area contributed by atoms with Crippen LogP contribution in [-0.4, -0.2) is 52.7 Å². The van der Waals surface area contributed by atoms with Crippen LogP contribution >= 0.6 is 0 Å². The number of hydrogen-bond acceptors (Lipinski definition) is 4. The van der Waals surface area contributed by atoms with E-state index in [1.165, 1.54) is 10.8 Å². The molecule has 0 aliphatic rings. The van der Waals surface area contributed by atoms with Crippen LogP contribution in [0.2, 0.25) is 0 Å². The molecule has 1 aromatic rings. The number of aromatic carboxylic acids is 1. The van der Waals surface area contributed by atoms with Gasteiger partial charge in [0.15, 0.2) is 0 Å². The maximum atomic E-state index is 12.5. The van der Waals surface area contributed by atoms with Gasteiger partial charge in [-0.1, -0.05) is 0 Å². The van der Waals surface area contributed by atoms with Crippen molar-refractivity contribution < 1.29 is 23.4 Å². The molecule has 0 amide bonds. The van der Waals surface area contributed by atoms with Gasteiger partial charge in [0.25, 0.3) is 0 Å². The van der Waals surface area contributed by atoms with E-state index in [0.29, 0.717) is 6.54 Å². The quantitative estimate of drug-likeness (QED) is 0.768. The second kappa shape index (κ2) is 6.38. The van der Waals surface area contributed by atoms with E-state index in [4.69, 9.17) is 10.2 Å². The fraction of sp³-hybridized carbons (Fsp3) is 0.583. The summed E-state index contributed by atoms with van der Waals surface area (Å²) in [5.74, 6) is -1.17. The largest absolute Gasteiger partial charge is 0.477 e. The van der Waals surface area contributed by atoms with Crippen LogP contribution in [0, 0.1) is 0 Å². The number of hydrogen-bond donors (Lipinski definition) is 2. The molecule has 0 saturated heterocycles. The van der Waals surface area contributed by atoms with E-state index in [0.717, 1.165) is 10.4 Å². The van der Waals surface area contributed by atoms with Gasteiger partial charge in [0, 0.05) is 25.3 Å². The van der Waals surface area contributed by atoms with Crippen molar-refractivity contribution in [1.82, 2.24) is 8.87 Å². The molecule has 114 valence electrons. The van der Waals surface area contributed by atoms with E-state index < -0.39 is 16.0 Å². The van der Waals surface area contributed by atoms with E-state index in [-0.39, 0.29) is 29.8 Å². The molecule has 0 radical (unpaired) electrons. The zero-order valence-corrected chi connectivity index (χ0v) is 12.6. The molecule has 0 aromatic carbocycles. The molecular formula is C12H20N2O5S. The second-order valence-corrected chi connectivity index (χ2v) is 6.48. The number of nitrogens with zero attached hydrogens (tertiary/aromatic N) is 2. The molecule has 0 spiro atoms. The molecule has 0 saturated carbocycles. The third-order valence-corrected chi connectivity index (χ3v) is 4.97. The Morgan fingerprint density at radius 1 is 1.45 bits per heavy atom. The van der Waals surface area contributed by atoms with Crippen molar-refractivity contribution >= 4 is 16.0 Å². The molecule has 20 heavy (non-hydrogen) atoms. The number of aliphatic hydroxyl groups is 1. The summed E-state index contributed by atoms with van der Waals surface area (Å²) in [6, 6.07) is 0.818. The van der Waals surface area contributed by atoms with Crippen LogP contribution in [-0.2, 0) is 16.6 Å². The van der Waals surface area contributed by atoms with Crippen molar-refractivity contribution in [2.24, 2.45) is 0 Å². The Kier molecular flexibility index (Phi) is 5.32. The summed E-state index contributed by atoms with van der Waals surface area (Å²) in [6.07, 6.45) is 1.31. The first-order valence-corrected chi connectivity index (χ1v) is 7.75. The van der Waals surface area contributed by atoms with Gasteiger partial charge in [-0.3, -0.25) is 0 Å². The van der Waals surface area contributed by atoms with E-state index in [2.05, 4.69) is 0 Å². The average molecular weight is 304 g/mol. The summed E-state index contributed by atoms with van der Waals surface area (Å²) in [6.45, 7) is 5.16. The molecule has 1 heterocycles. The number of sulfonamides is 1. The Bertz CT molecular complexity index is 577. The fourth-order valence-corrected chi connectivity index (χ4v) is 3.62. The molecule has 1 rings (SSSR count). The fourth-order valence-electron chi connectivity index (χ4n) is 1.96. The van der Waals surface area contributed by atoms with Crippen molar-refractivity contribution in [2.75, 3.05) is 13.2 Å². The highest BCUT2D eigenvalue weighted by molar-refractivity contribution is 7.89. The van der Waals surface area contributed by atoms with Gasteiger partial charge in [0.05, 0.1) is 6.61 Å². The smallest absolute Gasteiger partial charge is 0.352 e. The Hall–Kier alpha value is -1.38. The van der Waals surface area contributed by atoms with Crippen molar-refractivity contribution in [2.45, 2.75) is 38.3 Å². The molecular weight excluding hydrogens is 284 g/mol. The summed E-state index contributed by atoms with van der Waals surface area (Å²) in [5, 5.41) is 18.0. The Balaban J connectivity index is 3.31. The van der Waals surface area contributed by atoms with Crippen LogP contribution < -0.4 is 0 Å². The Labute approximate surface area is 118 Å². The van der Waals surface area contributed by atoms with Crippen molar-refractivity contribution in [3.63, 3.8) is 0 Å². The Morgan fingerprint density at radius 3 is 2.40 bits per heavy atom. The minimum atomic E-state index is -3.82. The summed E-state index contributed by atoms with van der Waals surface area (Å²) in [7, 11) is -3.82. The summed E-state index contributed by atoms with van der Waals surface area (Å²) < 4.78 is 27.5. The number of carboxylic acids is 1. The van der Waals surface area contributed by atoms with Gasteiger partial charge in [0.2, 0.25) is 10.0 Å². The lowest BCUT2D eigenvalue weighted by atomic mass is 10.4. The van der Waals surface area contributed by atoms with Gasteiger partial charge in [-0.2, -0.15) is 4.31 Å². The zero-order valence-electron chi connectivity index (χ0n) is 11.8. The number of aromatic nitrogens is 1. The predicted molar refractivity (Wildman–Crippen MR) is 73.2 cm³/mol. The first-order chi connectivity index (χ1) is 9.25. The minimum Gasteiger partial charge on any atom is -0.477 e. The van der Waals surface area contributed by atoms with Gasteiger partial charge in [0.1, 0.15) is 10.6 Å². The van der Waals surface area contributed by atoms with E-state index in [1.54, 1.807) is 20.8 Å². The lowest BCUT2D eigenvalue weighted by molar-refractivity contribution is 0.0685. The monoisotopic (exact) mass is 304 g/mol. The SMILES string of the molecule is CCn1cc(S(=O)(=O)N(CCO)C(C)C)cc1C(=O)O. The van der Waals surface area contributed by atoms with Crippen LogP contribution in [0.5, 0.6) is 0 Å². The number of rotatable bonds is 7. The van der Waals surface area contributed by atoms with Crippen LogP contribution in [0.1, 0.15) is 31.3 Å². The molecule has 7 nitrogen and oxygen atoms in total. The van der Waals surface area contributed by atoms with E-state index in [9.17, 15) is 13.2 Å². The Morgan fingerprint density at radius 2 is 2.05 bits per heavy atom. The number of carbonyl (C=O) groups is 1. The number of aliphatic hydroxyl groups excluding tert-OH is 1. The third-order valence-electron chi connectivity index (χ3n) is 2.93. The van der Waals surface area contributed by atoms with Crippen LogP contribution in [0.3, 0.4) is 0 Å². The van der Waals surface area contributed by atoms with Crippen LogP contribution in [0.15, 0.2) is 17.2 Å². The summed E-state index contributed by atoms with van der Waals surface area (Å²) >= 11 is 0. The highest BCUT2D eigenvalue weighted by atomic mass is 32.2. The van der Waals surface area contributed by atoms with Gasteiger partial charge in [-0.15, -0.1) is 0 Å². The van der Waals surface area contributed by atoms with Gasteiger partial charge < -0.3 is 14.8 Å². The topological polar surface area (TPSA) is 99.8 Å². The molecule has 2 N–H and O–H groups in total. The molecule has 0 aliphatic carbocycles. The third kappa shape index (κ3) is 3.20. The predicted octanol–water partition coefficient (Wildman–Crippen LogP) is 0.598. The van der Waals surface area contributed by atoms with Crippen molar-refractivity contribution in [1.29, 1.82) is 0 Å². The molecule has 0 fully saturated rings. The van der Waals surface area contributed by atoms with E-state index >= 15 is 0 Å². The minimum absolute atomic E-state index is 0.0281. The zero-order chi connectivity index (χ0) is 15.5. The first-order valence-electron chi connectivity index (χ1n) is 6.31. The van der Waals surface area contributed by atoms with Crippen molar-refractivity contribution in [3.05, 3.63) is 18.0 Å². The average Bonchev–Trinajstić information content (AvgIpc) is 2.80. The molecule has 0 aliphatic heterocycles. The van der Waals surface area contributed by atoms with Crippen LogP contribution in [0.25, 0.3) is 0 Å². The number of aryl methyl sites for hydroxylation is 1. The summed E-state index contributed by atoms with van der Waals surface area (Å²) in [4.78, 5) is 11.0. The summed E-state index contributed by atoms with van der Waals surface area (Å²) in [5.41, 5.74) is -0.0706. The normalized spacial score (nSPS) is 12.3. The maximum Gasteiger partial charge on any atom is 0.352 e. The van der Waals surface area contributed by atoms with E-state index in [1.807, 2.05) is 0 Å². The lowest BCUT2D eigenvalue weighted by Crippen LogP contribution is -2.38. The first kappa shape index (κ1) is 16.7. The van der Waals surface area contributed by atoms with Gasteiger partial charge in [-0.25, -0.2) is 13.2 Å². The highest BCUT2D eigenvalue weighted by Crippen LogP contribution is 2.21. The molecule has 1 aromatic heterocycles. The highest BCUT2D eigenvalue weighted by Gasteiger charge is 2.29.